The number of urea groups is 1. The summed E-state index contributed by atoms with van der Waals surface area (Å²) in [5, 5.41) is 11.8. The zero-order valence-electron chi connectivity index (χ0n) is 11.7. The quantitative estimate of drug-likeness (QED) is 0.877. The van der Waals surface area contributed by atoms with Crippen molar-refractivity contribution >= 4 is 40.9 Å². The second-order valence-corrected chi connectivity index (χ2v) is 6.05. The molecule has 0 bridgehead atoms. The van der Waals surface area contributed by atoms with Crippen molar-refractivity contribution in [1.82, 2.24) is 4.90 Å². The highest BCUT2D eigenvalue weighted by molar-refractivity contribution is 6.40. The number of carboxylic acids is 1. The highest BCUT2D eigenvalue weighted by atomic mass is 35.5. The standard InChI is InChI=1S/C14H16Cl2N2O3/c1-7(8-3-4-8)18(2)14(21)17-12-10(15)5-9(13(19)20)6-11(12)16/h5-8H,3-4H2,1-2H3,(H,17,21)(H,19,20). The maximum atomic E-state index is 12.2. The molecule has 1 aromatic rings. The number of hydrogen-bond acceptors (Lipinski definition) is 2. The van der Waals surface area contributed by atoms with Crippen LogP contribution in [0.25, 0.3) is 0 Å². The Morgan fingerprint density at radius 2 is 1.86 bits per heavy atom. The molecule has 0 radical (unpaired) electrons. The van der Waals surface area contributed by atoms with Crippen molar-refractivity contribution in [3.8, 4) is 0 Å². The summed E-state index contributed by atoms with van der Waals surface area (Å²) in [6.07, 6.45) is 2.27. The van der Waals surface area contributed by atoms with E-state index in [4.69, 9.17) is 28.3 Å². The lowest BCUT2D eigenvalue weighted by Gasteiger charge is -2.25. The minimum Gasteiger partial charge on any atom is -0.478 e. The Hall–Kier alpha value is -1.46. The van der Waals surface area contributed by atoms with E-state index < -0.39 is 5.97 Å². The molecule has 2 N–H and O–H groups in total. The van der Waals surface area contributed by atoms with Crippen LogP contribution >= 0.6 is 23.2 Å². The van der Waals surface area contributed by atoms with E-state index in [1.165, 1.54) is 12.1 Å². The number of carbonyl (C=O) groups excluding carboxylic acids is 1. The van der Waals surface area contributed by atoms with Gasteiger partial charge in [0.2, 0.25) is 0 Å². The number of carbonyl (C=O) groups is 2. The zero-order valence-corrected chi connectivity index (χ0v) is 13.2. The molecular formula is C14H16Cl2N2O3. The monoisotopic (exact) mass is 330 g/mol. The first-order chi connectivity index (χ1) is 9.81. The maximum Gasteiger partial charge on any atom is 0.335 e. The van der Waals surface area contributed by atoms with Crippen LogP contribution in [0.3, 0.4) is 0 Å². The van der Waals surface area contributed by atoms with Crippen molar-refractivity contribution in [2.45, 2.75) is 25.8 Å². The van der Waals surface area contributed by atoms with E-state index in [1.54, 1.807) is 11.9 Å². The normalized spacial score (nSPS) is 15.4. The lowest BCUT2D eigenvalue weighted by molar-refractivity contribution is 0.0697. The molecule has 0 aromatic heterocycles. The van der Waals surface area contributed by atoms with E-state index in [0.29, 0.717) is 5.92 Å². The number of rotatable bonds is 4. The van der Waals surface area contributed by atoms with E-state index in [0.717, 1.165) is 12.8 Å². The smallest absolute Gasteiger partial charge is 0.335 e. The second-order valence-electron chi connectivity index (χ2n) is 5.24. The third-order valence-electron chi connectivity index (χ3n) is 3.76. The third-order valence-corrected chi connectivity index (χ3v) is 4.35. The van der Waals surface area contributed by atoms with Gasteiger partial charge < -0.3 is 15.3 Å². The largest absolute Gasteiger partial charge is 0.478 e. The Bertz CT molecular complexity index is 565. The predicted molar refractivity (Wildman–Crippen MR) is 82.4 cm³/mol. The van der Waals surface area contributed by atoms with Crippen LogP contribution < -0.4 is 5.32 Å². The average molecular weight is 331 g/mol. The van der Waals surface area contributed by atoms with Gasteiger partial charge in [0.15, 0.2) is 0 Å². The molecule has 1 unspecified atom stereocenters. The van der Waals surface area contributed by atoms with Gasteiger partial charge in [-0.3, -0.25) is 0 Å². The molecule has 0 aliphatic heterocycles. The molecule has 0 heterocycles. The lowest BCUT2D eigenvalue weighted by Crippen LogP contribution is -2.39. The van der Waals surface area contributed by atoms with E-state index in [-0.39, 0.29) is 33.4 Å². The first kappa shape index (κ1) is 15.9. The fourth-order valence-electron chi connectivity index (χ4n) is 2.09. The summed E-state index contributed by atoms with van der Waals surface area (Å²) < 4.78 is 0. The SMILES string of the molecule is CC(C1CC1)N(C)C(=O)Nc1c(Cl)cc(C(=O)O)cc1Cl. The van der Waals surface area contributed by atoms with Crippen LogP contribution in [0.15, 0.2) is 12.1 Å². The van der Waals surface area contributed by atoms with Crippen molar-refractivity contribution in [2.75, 3.05) is 12.4 Å². The van der Waals surface area contributed by atoms with Gasteiger partial charge in [0.25, 0.3) is 0 Å². The summed E-state index contributed by atoms with van der Waals surface area (Å²) in [4.78, 5) is 24.7. The van der Waals surface area contributed by atoms with Gasteiger partial charge in [0.1, 0.15) is 0 Å². The number of benzene rings is 1. The first-order valence-electron chi connectivity index (χ1n) is 6.57. The van der Waals surface area contributed by atoms with Gasteiger partial charge in [-0.15, -0.1) is 0 Å². The number of anilines is 1. The molecule has 5 nitrogen and oxygen atoms in total. The second kappa shape index (κ2) is 6.12. The molecule has 1 aliphatic rings. The Balaban J connectivity index is 2.15. The Morgan fingerprint density at radius 3 is 2.29 bits per heavy atom. The molecule has 1 atom stereocenters. The van der Waals surface area contributed by atoms with Crippen molar-refractivity contribution < 1.29 is 14.7 Å². The number of aromatic carboxylic acids is 1. The van der Waals surface area contributed by atoms with Gasteiger partial charge in [-0.2, -0.15) is 0 Å². The molecule has 2 rings (SSSR count). The molecule has 1 saturated carbocycles. The molecule has 7 heteroatoms. The van der Waals surface area contributed by atoms with Crippen LogP contribution in [0.1, 0.15) is 30.1 Å². The van der Waals surface area contributed by atoms with Gasteiger partial charge in [-0.05, 0) is 37.8 Å². The van der Waals surface area contributed by atoms with Crippen LogP contribution in [-0.2, 0) is 0 Å². The van der Waals surface area contributed by atoms with Crippen molar-refractivity contribution in [3.05, 3.63) is 27.7 Å². The number of carboxylic acid groups (broad SMARTS) is 1. The van der Waals surface area contributed by atoms with Gasteiger partial charge >= 0.3 is 12.0 Å². The minimum atomic E-state index is -1.13. The summed E-state index contributed by atoms with van der Waals surface area (Å²) in [7, 11) is 1.71. The summed E-state index contributed by atoms with van der Waals surface area (Å²) in [6, 6.07) is 2.34. The topological polar surface area (TPSA) is 69.6 Å². The van der Waals surface area contributed by atoms with Crippen LogP contribution in [-0.4, -0.2) is 35.1 Å². The van der Waals surface area contributed by atoms with Crippen LogP contribution in [0.5, 0.6) is 0 Å². The van der Waals surface area contributed by atoms with Gasteiger partial charge in [-0.1, -0.05) is 23.2 Å². The zero-order chi connectivity index (χ0) is 15.7. The molecule has 1 aromatic carbocycles. The molecule has 1 aliphatic carbocycles. The van der Waals surface area contributed by atoms with Gasteiger partial charge in [0.05, 0.1) is 21.3 Å². The maximum absolute atomic E-state index is 12.2. The summed E-state index contributed by atoms with van der Waals surface area (Å²) in [5.41, 5.74) is 0.200. The summed E-state index contributed by atoms with van der Waals surface area (Å²) >= 11 is 12.0. The van der Waals surface area contributed by atoms with E-state index in [1.807, 2.05) is 6.92 Å². The highest BCUT2D eigenvalue weighted by Gasteiger charge is 2.32. The molecule has 114 valence electrons. The van der Waals surface area contributed by atoms with Crippen LogP contribution in [0, 0.1) is 5.92 Å². The number of nitrogens with zero attached hydrogens (tertiary/aromatic N) is 1. The predicted octanol–water partition coefficient (Wildman–Crippen LogP) is 3.95. The van der Waals surface area contributed by atoms with Gasteiger partial charge in [-0.25, -0.2) is 9.59 Å². The van der Waals surface area contributed by atoms with Crippen molar-refractivity contribution in [1.29, 1.82) is 0 Å². The molecule has 1 fully saturated rings. The van der Waals surface area contributed by atoms with Crippen LogP contribution in [0.4, 0.5) is 10.5 Å². The van der Waals surface area contributed by atoms with Crippen LogP contribution in [0.2, 0.25) is 10.0 Å². The lowest BCUT2D eigenvalue weighted by atomic mass is 10.2. The van der Waals surface area contributed by atoms with Crippen molar-refractivity contribution in [2.24, 2.45) is 5.92 Å². The van der Waals surface area contributed by atoms with Crippen molar-refractivity contribution in [3.63, 3.8) is 0 Å². The fraction of sp³-hybridized carbons (Fsp3) is 0.429. The minimum absolute atomic E-state index is 0.0253. The molecule has 0 spiro atoms. The highest BCUT2D eigenvalue weighted by Crippen LogP contribution is 2.36. The summed E-state index contributed by atoms with van der Waals surface area (Å²) in [5.74, 6) is -0.586. The third kappa shape index (κ3) is 3.60. The van der Waals surface area contributed by atoms with E-state index >= 15 is 0 Å². The van der Waals surface area contributed by atoms with E-state index in [9.17, 15) is 9.59 Å². The first-order valence-corrected chi connectivity index (χ1v) is 7.33. The number of halogens is 2. The fourth-order valence-corrected chi connectivity index (χ4v) is 2.67. The number of amides is 2. The Morgan fingerprint density at radius 1 is 1.33 bits per heavy atom. The Labute approximate surface area is 132 Å². The van der Waals surface area contributed by atoms with Gasteiger partial charge in [0, 0.05) is 13.1 Å². The molecule has 0 saturated heterocycles. The molecule has 2 amide bonds. The van der Waals surface area contributed by atoms with E-state index in [2.05, 4.69) is 5.32 Å². The Kier molecular flexibility index (Phi) is 4.64. The molecular weight excluding hydrogens is 315 g/mol. The number of nitrogens with one attached hydrogen (secondary N) is 1. The number of hydrogen-bond donors (Lipinski definition) is 2. The summed E-state index contributed by atoms with van der Waals surface area (Å²) in [6.45, 7) is 1.99. The molecule has 21 heavy (non-hydrogen) atoms. The average Bonchev–Trinajstić information content (AvgIpc) is 3.24.